The van der Waals surface area contributed by atoms with Crippen LogP contribution in [0.3, 0.4) is 0 Å². The Hall–Kier alpha value is -1.39. The van der Waals surface area contributed by atoms with Gasteiger partial charge in [-0.05, 0) is 36.2 Å². The minimum atomic E-state index is -0.247. The lowest BCUT2D eigenvalue weighted by Crippen LogP contribution is -2.26. The topological polar surface area (TPSA) is 42.0 Å². The number of halogens is 2. The third kappa shape index (κ3) is 4.04. The zero-order valence-electron chi connectivity index (χ0n) is 10.1. The molecule has 0 saturated carbocycles. The highest BCUT2D eigenvalue weighted by Gasteiger charge is 2.10. The maximum absolute atomic E-state index is 11.8. The number of amides is 1. The van der Waals surface area contributed by atoms with Crippen molar-refractivity contribution in [1.29, 1.82) is 0 Å². The summed E-state index contributed by atoms with van der Waals surface area (Å²) in [5, 5.41) is 3.17. The van der Waals surface area contributed by atoms with Crippen LogP contribution in [-0.4, -0.2) is 17.4 Å². The fourth-order valence-electron chi connectivity index (χ4n) is 1.61. The number of aromatic nitrogens is 1. The monoisotopic (exact) mass is 338 g/mol. The summed E-state index contributed by atoms with van der Waals surface area (Å²) in [7, 11) is 0. The molecule has 0 fully saturated rings. The number of hydrogen-bond donors (Lipinski definition) is 1. The van der Waals surface area contributed by atoms with Crippen LogP contribution in [0.1, 0.15) is 16.1 Å². The van der Waals surface area contributed by atoms with E-state index in [0.29, 0.717) is 11.6 Å². The van der Waals surface area contributed by atoms with E-state index in [4.69, 9.17) is 11.6 Å². The van der Waals surface area contributed by atoms with Crippen molar-refractivity contribution in [3.8, 4) is 0 Å². The Morgan fingerprint density at radius 2 is 2.00 bits per heavy atom. The zero-order chi connectivity index (χ0) is 13.7. The first-order valence-electron chi connectivity index (χ1n) is 5.80. The van der Waals surface area contributed by atoms with Gasteiger partial charge in [0.2, 0.25) is 0 Å². The lowest BCUT2D eigenvalue weighted by atomic mass is 10.1. The van der Waals surface area contributed by atoms with E-state index in [2.05, 4.69) is 26.2 Å². The third-order valence-corrected chi connectivity index (χ3v) is 3.42. The lowest BCUT2D eigenvalue weighted by molar-refractivity contribution is 0.0949. The molecule has 1 aromatic carbocycles. The van der Waals surface area contributed by atoms with E-state index in [9.17, 15) is 4.79 Å². The molecule has 0 aliphatic rings. The van der Waals surface area contributed by atoms with Crippen molar-refractivity contribution >= 4 is 33.4 Å². The van der Waals surface area contributed by atoms with E-state index in [0.717, 1.165) is 16.5 Å². The molecule has 0 bridgehead atoms. The quantitative estimate of drug-likeness (QED) is 0.927. The van der Waals surface area contributed by atoms with Gasteiger partial charge in [0.05, 0.1) is 5.02 Å². The molecular formula is C14H12BrClN2O. The number of nitrogens with zero attached hydrogens (tertiary/aromatic N) is 1. The second kappa shape index (κ2) is 6.68. The van der Waals surface area contributed by atoms with Crippen LogP contribution in [0.25, 0.3) is 0 Å². The minimum absolute atomic E-state index is 0.247. The predicted octanol–water partition coefficient (Wildman–Crippen LogP) is 3.47. The van der Waals surface area contributed by atoms with E-state index >= 15 is 0 Å². The SMILES string of the molecule is O=C(NCCc1ccc(Br)cc1)c1ncccc1Cl. The van der Waals surface area contributed by atoms with Crippen LogP contribution in [0.5, 0.6) is 0 Å². The van der Waals surface area contributed by atoms with Crippen molar-refractivity contribution < 1.29 is 4.79 Å². The van der Waals surface area contributed by atoms with Crippen LogP contribution in [0.15, 0.2) is 47.1 Å². The summed E-state index contributed by atoms with van der Waals surface area (Å²) < 4.78 is 1.04. The number of benzene rings is 1. The first-order valence-corrected chi connectivity index (χ1v) is 6.97. The zero-order valence-corrected chi connectivity index (χ0v) is 12.4. The van der Waals surface area contributed by atoms with E-state index in [1.807, 2.05) is 24.3 Å². The molecule has 0 unspecified atom stereocenters. The molecule has 19 heavy (non-hydrogen) atoms. The summed E-state index contributed by atoms with van der Waals surface area (Å²) in [6.45, 7) is 0.549. The maximum Gasteiger partial charge on any atom is 0.271 e. The molecule has 0 aliphatic carbocycles. The Labute approximate surface area is 125 Å². The van der Waals surface area contributed by atoms with Gasteiger partial charge in [0.25, 0.3) is 5.91 Å². The average molecular weight is 340 g/mol. The first-order chi connectivity index (χ1) is 9.16. The van der Waals surface area contributed by atoms with Gasteiger partial charge in [-0.2, -0.15) is 0 Å². The van der Waals surface area contributed by atoms with Gasteiger partial charge in [-0.25, -0.2) is 4.98 Å². The molecular weight excluding hydrogens is 328 g/mol. The molecule has 1 aromatic heterocycles. The van der Waals surface area contributed by atoms with Gasteiger partial charge >= 0.3 is 0 Å². The van der Waals surface area contributed by atoms with Crippen molar-refractivity contribution in [2.24, 2.45) is 0 Å². The standard InChI is InChI=1S/C14H12BrClN2O/c15-11-5-3-10(4-6-11)7-9-18-14(19)13-12(16)2-1-8-17-13/h1-6,8H,7,9H2,(H,18,19). The van der Waals surface area contributed by atoms with Gasteiger partial charge in [-0.1, -0.05) is 39.7 Å². The highest BCUT2D eigenvalue weighted by atomic mass is 79.9. The molecule has 2 rings (SSSR count). The summed E-state index contributed by atoms with van der Waals surface area (Å²) in [5.41, 5.74) is 1.43. The predicted molar refractivity (Wildman–Crippen MR) is 79.4 cm³/mol. The van der Waals surface area contributed by atoms with Crippen LogP contribution >= 0.6 is 27.5 Å². The van der Waals surface area contributed by atoms with Gasteiger partial charge in [0.1, 0.15) is 5.69 Å². The van der Waals surface area contributed by atoms with Crippen LogP contribution < -0.4 is 5.32 Å². The highest BCUT2D eigenvalue weighted by molar-refractivity contribution is 9.10. The van der Waals surface area contributed by atoms with Crippen LogP contribution in [0.2, 0.25) is 5.02 Å². The number of pyridine rings is 1. The van der Waals surface area contributed by atoms with Crippen LogP contribution in [-0.2, 0) is 6.42 Å². The van der Waals surface area contributed by atoms with Gasteiger partial charge in [-0.15, -0.1) is 0 Å². The van der Waals surface area contributed by atoms with E-state index in [1.54, 1.807) is 18.3 Å². The van der Waals surface area contributed by atoms with E-state index in [1.165, 1.54) is 0 Å². The Kier molecular flexibility index (Phi) is 4.93. The molecule has 98 valence electrons. The molecule has 0 saturated heterocycles. The summed E-state index contributed by atoms with van der Waals surface area (Å²) in [4.78, 5) is 15.8. The molecule has 0 aliphatic heterocycles. The van der Waals surface area contributed by atoms with Gasteiger partial charge in [0.15, 0.2) is 0 Å². The minimum Gasteiger partial charge on any atom is -0.350 e. The first kappa shape index (κ1) is 14.0. The Balaban J connectivity index is 1.88. The van der Waals surface area contributed by atoms with Crippen molar-refractivity contribution in [1.82, 2.24) is 10.3 Å². The smallest absolute Gasteiger partial charge is 0.271 e. The molecule has 3 nitrogen and oxygen atoms in total. The second-order valence-corrected chi connectivity index (χ2v) is 5.29. The Morgan fingerprint density at radius 1 is 1.26 bits per heavy atom. The Bertz CT molecular complexity index is 572. The van der Waals surface area contributed by atoms with Crippen molar-refractivity contribution in [3.63, 3.8) is 0 Å². The summed E-state index contributed by atoms with van der Waals surface area (Å²) in [6, 6.07) is 11.3. The summed E-state index contributed by atoms with van der Waals surface area (Å²) in [5.74, 6) is -0.247. The van der Waals surface area contributed by atoms with Crippen molar-refractivity contribution in [3.05, 3.63) is 63.3 Å². The lowest BCUT2D eigenvalue weighted by Gasteiger charge is -2.06. The molecule has 5 heteroatoms. The molecule has 1 heterocycles. The molecule has 0 atom stereocenters. The molecule has 0 spiro atoms. The average Bonchev–Trinajstić information content (AvgIpc) is 2.41. The summed E-state index contributed by atoms with van der Waals surface area (Å²) >= 11 is 9.29. The van der Waals surface area contributed by atoms with E-state index in [-0.39, 0.29) is 11.6 Å². The number of carbonyl (C=O) groups excluding carboxylic acids is 1. The molecule has 2 aromatic rings. The highest BCUT2D eigenvalue weighted by Crippen LogP contribution is 2.12. The largest absolute Gasteiger partial charge is 0.350 e. The van der Waals surface area contributed by atoms with Crippen LogP contribution in [0.4, 0.5) is 0 Å². The third-order valence-electron chi connectivity index (χ3n) is 2.59. The maximum atomic E-state index is 11.8. The van der Waals surface area contributed by atoms with E-state index < -0.39 is 0 Å². The fourth-order valence-corrected chi connectivity index (χ4v) is 2.08. The molecule has 0 radical (unpaired) electrons. The Morgan fingerprint density at radius 3 is 2.68 bits per heavy atom. The van der Waals surface area contributed by atoms with Crippen molar-refractivity contribution in [2.45, 2.75) is 6.42 Å². The normalized spacial score (nSPS) is 10.2. The van der Waals surface area contributed by atoms with Gasteiger partial charge in [0, 0.05) is 17.2 Å². The summed E-state index contributed by atoms with van der Waals surface area (Å²) in [6.07, 6.45) is 2.32. The number of rotatable bonds is 4. The fraction of sp³-hybridized carbons (Fsp3) is 0.143. The molecule has 1 N–H and O–H groups in total. The molecule has 1 amide bonds. The number of nitrogens with one attached hydrogen (secondary N) is 1. The number of hydrogen-bond acceptors (Lipinski definition) is 2. The van der Waals surface area contributed by atoms with Gasteiger partial charge in [-0.3, -0.25) is 4.79 Å². The van der Waals surface area contributed by atoms with Crippen molar-refractivity contribution in [2.75, 3.05) is 6.54 Å². The van der Waals surface area contributed by atoms with Gasteiger partial charge < -0.3 is 5.32 Å². The van der Waals surface area contributed by atoms with Crippen LogP contribution in [0, 0.1) is 0 Å². The number of carbonyl (C=O) groups is 1. The second-order valence-electron chi connectivity index (χ2n) is 3.97.